The minimum absolute atomic E-state index is 0. The Bertz CT molecular complexity index is 106. The van der Waals surface area contributed by atoms with E-state index in [1.807, 2.05) is 13.0 Å². The van der Waals surface area contributed by atoms with E-state index >= 15 is 0 Å². The van der Waals surface area contributed by atoms with Gasteiger partial charge in [-0.25, -0.2) is 5.48 Å². The lowest BCUT2D eigenvalue weighted by molar-refractivity contribution is 0.0535. The maximum absolute atomic E-state index is 8.24. The SMILES string of the molecule is CCONCC(Br)C#N.Cl. The van der Waals surface area contributed by atoms with Crippen LogP contribution in [0.15, 0.2) is 0 Å². The third-order valence-electron chi connectivity index (χ3n) is 0.649. The molecule has 0 saturated carbocycles. The summed E-state index contributed by atoms with van der Waals surface area (Å²) in [6, 6.07) is 2.00. The van der Waals surface area contributed by atoms with Crippen LogP contribution in [0.1, 0.15) is 6.92 Å². The fraction of sp³-hybridized carbons (Fsp3) is 0.800. The van der Waals surface area contributed by atoms with Crippen LogP contribution < -0.4 is 5.48 Å². The molecule has 0 aliphatic heterocycles. The number of rotatable bonds is 4. The van der Waals surface area contributed by atoms with Crippen LogP contribution in [0, 0.1) is 11.3 Å². The molecule has 0 spiro atoms. The Morgan fingerprint density at radius 1 is 1.80 bits per heavy atom. The second-order valence-electron chi connectivity index (χ2n) is 1.38. The van der Waals surface area contributed by atoms with E-state index in [0.717, 1.165) is 0 Å². The summed E-state index contributed by atoms with van der Waals surface area (Å²) in [5, 5.41) is 8.24. The molecule has 0 rings (SSSR count). The van der Waals surface area contributed by atoms with Crippen LogP contribution in [-0.2, 0) is 4.84 Å². The quantitative estimate of drug-likeness (QED) is 0.448. The van der Waals surface area contributed by atoms with Crippen LogP contribution in [0.25, 0.3) is 0 Å². The van der Waals surface area contributed by atoms with Crippen molar-refractivity contribution in [3.8, 4) is 6.07 Å². The summed E-state index contributed by atoms with van der Waals surface area (Å²) in [5.74, 6) is 0. The molecule has 0 amide bonds. The maximum atomic E-state index is 8.24. The molecule has 0 aromatic heterocycles. The number of hydroxylamine groups is 1. The van der Waals surface area contributed by atoms with E-state index in [9.17, 15) is 0 Å². The Balaban J connectivity index is 0. The summed E-state index contributed by atoms with van der Waals surface area (Å²) in [6.07, 6.45) is 0. The summed E-state index contributed by atoms with van der Waals surface area (Å²) < 4.78 is 0. The minimum Gasteiger partial charge on any atom is -0.302 e. The highest BCUT2D eigenvalue weighted by molar-refractivity contribution is 9.09. The topological polar surface area (TPSA) is 45.0 Å². The zero-order chi connectivity index (χ0) is 7.11. The van der Waals surface area contributed by atoms with E-state index in [4.69, 9.17) is 10.1 Å². The van der Waals surface area contributed by atoms with Crippen molar-refractivity contribution in [3.63, 3.8) is 0 Å². The average Bonchev–Trinajstić information content (AvgIpc) is 1.89. The molecule has 1 unspecified atom stereocenters. The predicted octanol–water partition coefficient (Wildman–Crippen LogP) is 1.24. The Labute approximate surface area is 75.2 Å². The molecule has 3 nitrogen and oxygen atoms in total. The smallest absolute Gasteiger partial charge is 0.116 e. The predicted molar refractivity (Wildman–Crippen MR) is 45.2 cm³/mol. The first kappa shape index (κ1) is 12.8. The summed E-state index contributed by atoms with van der Waals surface area (Å²) >= 11 is 3.10. The molecule has 60 valence electrons. The van der Waals surface area contributed by atoms with Crippen LogP contribution in [0.4, 0.5) is 0 Å². The zero-order valence-corrected chi connectivity index (χ0v) is 8.04. The molecule has 1 N–H and O–H groups in total. The van der Waals surface area contributed by atoms with Gasteiger partial charge >= 0.3 is 0 Å². The maximum Gasteiger partial charge on any atom is 0.116 e. The van der Waals surface area contributed by atoms with Gasteiger partial charge < -0.3 is 4.84 Å². The largest absolute Gasteiger partial charge is 0.302 e. The van der Waals surface area contributed by atoms with E-state index in [-0.39, 0.29) is 17.2 Å². The van der Waals surface area contributed by atoms with Crippen molar-refractivity contribution < 1.29 is 4.84 Å². The standard InChI is InChI=1S/C5H9BrN2O.ClH/c1-2-9-8-4-5(6)3-7;/h5,8H,2,4H2,1H3;1H. The number of hydrogen-bond donors (Lipinski definition) is 1. The van der Waals surface area contributed by atoms with Gasteiger partial charge in [0, 0.05) is 6.54 Å². The summed E-state index contributed by atoms with van der Waals surface area (Å²) in [5.41, 5.74) is 2.62. The molecular weight excluding hydrogens is 219 g/mol. The van der Waals surface area contributed by atoms with E-state index in [2.05, 4.69) is 21.4 Å². The van der Waals surface area contributed by atoms with Gasteiger partial charge in [0.1, 0.15) is 4.83 Å². The third kappa shape index (κ3) is 8.18. The minimum atomic E-state index is -0.163. The van der Waals surface area contributed by atoms with Gasteiger partial charge in [-0.1, -0.05) is 15.9 Å². The fourth-order valence-corrected chi connectivity index (χ4v) is 0.412. The van der Waals surface area contributed by atoms with E-state index < -0.39 is 0 Å². The molecule has 0 aromatic rings. The van der Waals surface area contributed by atoms with Gasteiger partial charge in [0.15, 0.2) is 0 Å². The van der Waals surface area contributed by atoms with Gasteiger partial charge in [-0.3, -0.25) is 0 Å². The Morgan fingerprint density at radius 3 is 2.80 bits per heavy atom. The molecule has 1 atom stereocenters. The van der Waals surface area contributed by atoms with Gasteiger partial charge in [0.2, 0.25) is 0 Å². The first-order valence-electron chi connectivity index (χ1n) is 2.69. The summed E-state index contributed by atoms with van der Waals surface area (Å²) in [6.45, 7) is 3.01. The van der Waals surface area contributed by atoms with Crippen LogP contribution in [-0.4, -0.2) is 18.0 Å². The number of alkyl halides is 1. The lowest BCUT2D eigenvalue weighted by Gasteiger charge is -2.01. The Kier molecular flexibility index (Phi) is 11.8. The number of hydrogen-bond acceptors (Lipinski definition) is 3. The first-order chi connectivity index (χ1) is 4.31. The van der Waals surface area contributed by atoms with Gasteiger partial charge in [0.25, 0.3) is 0 Å². The van der Waals surface area contributed by atoms with E-state index in [1.165, 1.54) is 0 Å². The lowest BCUT2D eigenvalue weighted by Crippen LogP contribution is -2.22. The molecule has 0 aromatic carbocycles. The second kappa shape index (κ2) is 9.18. The molecule has 5 heteroatoms. The van der Waals surface area contributed by atoms with E-state index in [1.54, 1.807) is 0 Å². The van der Waals surface area contributed by atoms with Gasteiger partial charge in [-0.05, 0) is 6.92 Å². The highest BCUT2D eigenvalue weighted by atomic mass is 79.9. The average molecular weight is 230 g/mol. The van der Waals surface area contributed by atoms with Crippen LogP contribution in [0.3, 0.4) is 0 Å². The molecule has 0 bridgehead atoms. The first-order valence-corrected chi connectivity index (χ1v) is 3.61. The van der Waals surface area contributed by atoms with Crippen LogP contribution in [0.2, 0.25) is 0 Å². The van der Waals surface area contributed by atoms with E-state index in [0.29, 0.717) is 13.2 Å². The van der Waals surface area contributed by atoms with Crippen LogP contribution in [0.5, 0.6) is 0 Å². The highest BCUT2D eigenvalue weighted by Gasteiger charge is 1.97. The van der Waals surface area contributed by atoms with Crippen molar-refractivity contribution in [2.24, 2.45) is 0 Å². The normalized spacial score (nSPS) is 11.3. The molecule has 0 aliphatic rings. The molecule has 0 saturated heterocycles. The lowest BCUT2D eigenvalue weighted by atomic mass is 10.5. The van der Waals surface area contributed by atoms with Crippen molar-refractivity contribution in [2.45, 2.75) is 11.8 Å². The summed E-state index contributed by atoms with van der Waals surface area (Å²) in [7, 11) is 0. The zero-order valence-electron chi connectivity index (χ0n) is 5.63. The van der Waals surface area contributed by atoms with Crippen molar-refractivity contribution in [3.05, 3.63) is 0 Å². The van der Waals surface area contributed by atoms with Gasteiger partial charge in [-0.15, -0.1) is 12.4 Å². The molecule has 0 fully saturated rings. The molecule has 0 heterocycles. The number of nitrogens with zero attached hydrogens (tertiary/aromatic N) is 1. The number of halogens is 2. The van der Waals surface area contributed by atoms with Gasteiger partial charge in [0.05, 0.1) is 12.7 Å². The van der Waals surface area contributed by atoms with Crippen molar-refractivity contribution in [1.29, 1.82) is 5.26 Å². The van der Waals surface area contributed by atoms with Crippen molar-refractivity contribution in [2.75, 3.05) is 13.2 Å². The fourth-order valence-electron chi connectivity index (χ4n) is 0.280. The number of nitrogens with one attached hydrogen (secondary N) is 1. The molecular formula is C5H10BrClN2O. The second-order valence-corrected chi connectivity index (χ2v) is 2.48. The summed E-state index contributed by atoms with van der Waals surface area (Å²) in [4.78, 5) is 4.61. The van der Waals surface area contributed by atoms with Gasteiger partial charge in [-0.2, -0.15) is 5.26 Å². The Hall–Kier alpha value is 0.180. The van der Waals surface area contributed by atoms with Crippen molar-refractivity contribution in [1.82, 2.24) is 5.48 Å². The third-order valence-corrected chi connectivity index (χ3v) is 1.18. The monoisotopic (exact) mass is 228 g/mol. The highest BCUT2D eigenvalue weighted by Crippen LogP contribution is 1.93. The number of nitriles is 1. The molecule has 0 aliphatic carbocycles. The van der Waals surface area contributed by atoms with Crippen molar-refractivity contribution >= 4 is 28.3 Å². The molecule has 10 heavy (non-hydrogen) atoms. The Morgan fingerprint density at radius 2 is 2.40 bits per heavy atom. The molecule has 0 radical (unpaired) electrons. The van der Waals surface area contributed by atoms with Crippen LogP contribution >= 0.6 is 28.3 Å².